The van der Waals surface area contributed by atoms with Gasteiger partial charge in [-0.25, -0.2) is 4.98 Å². The lowest BCUT2D eigenvalue weighted by molar-refractivity contribution is -0.119. The van der Waals surface area contributed by atoms with Crippen molar-refractivity contribution in [2.75, 3.05) is 24.6 Å². The molecule has 1 aromatic heterocycles. The summed E-state index contributed by atoms with van der Waals surface area (Å²) in [5, 5.41) is 0. The minimum absolute atomic E-state index is 0.338. The number of nitrogens with zero attached hydrogens (tertiary/aromatic N) is 2. The van der Waals surface area contributed by atoms with Crippen LogP contribution in [-0.4, -0.2) is 30.5 Å². The topological polar surface area (TPSA) is 42.4 Å². The van der Waals surface area contributed by atoms with Crippen molar-refractivity contribution in [3.05, 3.63) is 18.3 Å². The third kappa shape index (κ3) is 2.32. The average molecular weight is 220 g/mol. The van der Waals surface area contributed by atoms with Crippen LogP contribution in [0.4, 0.5) is 5.82 Å². The maximum absolute atomic E-state index is 11.2. The summed E-state index contributed by atoms with van der Waals surface area (Å²) in [5.41, 5.74) is 0. The van der Waals surface area contributed by atoms with Crippen LogP contribution in [0.15, 0.2) is 18.3 Å². The molecular weight excluding hydrogens is 204 g/mol. The molecule has 0 aliphatic carbocycles. The van der Waals surface area contributed by atoms with E-state index in [9.17, 15) is 4.79 Å². The van der Waals surface area contributed by atoms with Crippen molar-refractivity contribution >= 4 is 11.6 Å². The Kier molecular flexibility index (Phi) is 3.39. The number of anilines is 1. The molecule has 0 aromatic carbocycles. The normalized spacial score (nSPS) is 16.3. The molecule has 4 heteroatoms. The van der Waals surface area contributed by atoms with Crippen molar-refractivity contribution in [1.82, 2.24) is 4.98 Å². The highest BCUT2D eigenvalue weighted by Crippen LogP contribution is 2.26. The van der Waals surface area contributed by atoms with Crippen LogP contribution in [0.1, 0.15) is 19.8 Å². The summed E-state index contributed by atoms with van der Waals surface area (Å²) in [5.74, 6) is 2.00. The standard InChI is InChI=1S/C12H16N2O2/c1-2-16-11-4-3-7-13-12(11)14-8-5-10(15)6-9-14/h3-4,7H,2,5-6,8-9H2,1H3. The lowest BCUT2D eigenvalue weighted by atomic mass is 10.1. The molecule has 1 aromatic rings. The van der Waals surface area contributed by atoms with E-state index >= 15 is 0 Å². The quantitative estimate of drug-likeness (QED) is 0.776. The Bertz CT molecular complexity index is 369. The van der Waals surface area contributed by atoms with E-state index in [1.807, 2.05) is 19.1 Å². The first kappa shape index (κ1) is 10.9. The number of pyridine rings is 1. The molecule has 1 aliphatic heterocycles. The largest absolute Gasteiger partial charge is 0.490 e. The summed E-state index contributed by atoms with van der Waals surface area (Å²) in [6.45, 7) is 4.08. The lowest BCUT2D eigenvalue weighted by Crippen LogP contribution is -2.34. The molecule has 1 fully saturated rings. The molecule has 2 rings (SSSR count). The van der Waals surface area contributed by atoms with Gasteiger partial charge in [0.05, 0.1) is 6.61 Å². The van der Waals surface area contributed by atoms with Crippen LogP contribution >= 0.6 is 0 Å². The van der Waals surface area contributed by atoms with Gasteiger partial charge in [0.1, 0.15) is 5.78 Å². The fourth-order valence-electron chi connectivity index (χ4n) is 1.86. The highest BCUT2D eigenvalue weighted by Gasteiger charge is 2.19. The Morgan fingerprint density at radius 2 is 2.19 bits per heavy atom. The molecule has 2 heterocycles. The number of Topliss-reactive ketones (excluding diaryl/α,β-unsaturated/α-hetero) is 1. The van der Waals surface area contributed by atoms with Crippen molar-refractivity contribution in [2.24, 2.45) is 0 Å². The summed E-state index contributed by atoms with van der Waals surface area (Å²) < 4.78 is 5.53. The Hall–Kier alpha value is -1.58. The second-order valence-corrected chi connectivity index (χ2v) is 3.78. The molecular formula is C12H16N2O2. The number of ketones is 1. The van der Waals surface area contributed by atoms with E-state index in [-0.39, 0.29) is 0 Å². The molecule has 1 saturated heterocycles. The van der Waals surface area contributed by atoms with Crippen LogP contribution in [0.2, 0.25) is 0 Å². The number of carbonyl (C=O) groups is 1. The maximum Gasteiger partial charge on any atom is 0.171 e. The first-order chi connectivity index (χ1) is 7.81. The molecule has 0 atom stereocenters. The zero-order valence-electron chi connectivity index (χ0n) is 9.48. The van der Waals surface area contributed by atoms with Gasteiger partial charge in [0.25, 0.3) is 0 Å². The first-order valence-electron chi connectivity index (χ1n) is 5.65. The summed E-state index contributed by atoms with van der Waals surface area (Å²) in [4.78, 5) is 17.6. The van der Waals surface area contributed by atoms with Gasteiger partial charge in [-0.3, -0.25) is 4.79 Å². The smallest absolute Gasteiger partial charge is 0.171 e. The van der Waals surface area contributed by atoms with E-state index in [0.29, 0.717) is 25.2 Å². The summed E-state index contributed by atoms with van der Waals surface area (Å²) in [6.07, 6.45) is 2.98. The lowest BCUT2D eigenvalue weighted by Gasteiger charge is -2.28. The van der Waals surface area contributed by atoms with E-state index in [0.717, 1.165) is 24.7 Å². The van der Waals surface area contributed by atoms with Crippen LogP contribution in [0.5, 0.6) is 5.75 Å². The number of hydrogen-bond donors (Lipinski definition) is 0. The Labute approximate surface area is 95.2 Å². The third-order valence-corrected chi connectivity index (χ3v) is 2.67. The molecule has 1 aliphatic rings. The molecule has 0 spiro atoms. The molecule has 0 N–H and O–H groups in total. The monoisotopic (exact) mass is 220 g/mol. The number of carbonyl (C=O) groups excluding carboxylic acids is 1. The fraction of sp³-hybridized carbons (Fsp3) is 0.500. The summed E-state index contributed by atoms with van der Waals surface area (Å²) in [6, 6.07) is 3.78. The van der Waals surface area contributed by atoms with Crippen molar-refractivity contribution in [3.8, 4) is 5.75 Å². The van der Waals surface area contributed by atoms with Gasteiger partial charge < -0.3 is 9.64 Å². The summed E-state index contributed by atoms with van der Waals surface area (Å²) in [7, 11) is 0. The van der Waals surface area contributed by atoms with Gasteiger partial charge in [-0.05, 0) is 19.1 Å². The Morgan fingerprint density at radius 3 is 2.88 bits per heavy atom. The zero-order chi connectivity index (χ0) is 11.4. The predicted octanol–water partition coefficient (Wildman–Crippen LogP) is 1.65. The van der Waals surface area contributed by atoms with E-state index in [2.05, 4.69) is 9.88 Å². The molecule has 0 unspecified atom stereocenters. The number of rotatable bonds is 3. The van der Waals surface area contributed by atoms with E-state index in [1.54, 1.807) is 6.20 Å². The first-order valence-corrected chi connectivity index (χ1v) is 5.65. The molecule has 16 heavy (non-hydrogen) atoms. The van der Waals surface area contributed by atoms with Gasteiger partial charge in [0.15, 0.2) is 11.6 Å². The molecule has 0 bridgehead atoms. The maximum atomic E-state index is 11.2. The fourth-order valence-corrected chi connectivity index (χ4v) is 1.86. The minimum Gasteiger partial charge on any atom is -0.490 e. The van der Waals surface area contributed by atoms with Gasteiger partial charge in [-0.2, -0.15) is 0 Å². The predicted molar refractivity (Wildman–Crippen MR) is 61.9 cm³/mol. The SMILES string of the molecule is CCOc1cccnc1N1CCC(=O)CC1. The number of piperidine rings is 1. The molecule has 0 radical (unpaired) electrons. The van der Waals surface area contributed by atoms with Gasteiger partial charge in [0, 0.05) is 32.1 Å². The highest BCUT2D eigenvalue weighted by molar-refractivity contribution is 5.81. The molecule has 4 nitrogen and oxygen atoms in total. The van der Waals surface area contributed by atoms with Crippen molar-refractivity contribution in [3.63, 3.8) is 0 Å². The average Bonchev–Trinajstić information content (AvgIpc) is 2.32. The van der Waals surface area contributed by atoms with Crippen LogP contribution in [0.25, 0.3) is 0 Å². The van der Waals surface area contributed by atoms with E-state index in [4.69, 9.17) is 4.74 Å². The highest BCUT2D eigenvalue weighted by atomic mass is 16.5. The van der Waals surface area contributed by atoms with Gasteiger partial charge in [-0.15, -0.1) is 0 Å². The Morgan fingerprint density at radius 1 is 1.44 bits per heavy atom. The molecule has 0 saturated carbocycles. The Balaban J connectivity index is 2.16. The van der Waals surface area contributed by atoms with Crippen LogP contribution in [0.3, 0.4) is 0 Å². The van der Waals surface area contributed by atoms with Crippen LogP contribution in [0, 0.1) is 0 Å². The number of hydrogen-bond acceptors (Lipinski definition) is 4. The third-order valence-electron chi connectivity index (χ3n) is 2.67. The second kappa shape index (κ2) is 4.96. The van der Waals surface area contributed by atoms with Crippen LogP contribution < -0.4 is 9.64 Å². The molecule has 0 amide bonds. The van der Waals surface area contributed by atoms with Gasteiger partial charge in [-0.1, -0.05) is 0 Å². The van der Waals surface area contributed by atoms with E-state index < -0.39 is 0 Å². The van der Waals surface area contributed by atoms with Crippen molar-refractivity contribution in [2.45, 2.75) is 19.8 Å². The minimum atomic E-state index is 0.338. The van der Waals surface area contributed by atoms with Crippen LogP contribution in [-0.2, 0) is 4.79 Å². The van der Waals surface area contributed by atoms with Crippen molar-refractivity contribution < 1.29 is 9.53 Å². The van der Waals surface area contributed by atoms with Gasteiger partial charge in [0.2, 0.25) is 0 Å². The number of aromatic nitrogens is 1. The summed E-state index contributed by atoms with van der Waals surface area (Å²) >= 11 is 0. The van der Waals surface area contributed by atoms with E-state index in [1.165, 1.54) is 0 Å². The van der Waals surface area contributed by atoms with Crippen molar-refractivity contribution in [1.29, 1.82) is 0 Å². The second-order valence-electron chi connectivity index (χ2n) is 3.78. The molecule has 86 valence electrons. The zero-order valence-corrected chi connectivity index (χ0v) is 9.48. The van der Waals surface area contributed by atoms with Gasteiger partial charge >= 0.3 is 0 Å². The number of ether oxygens (including phenoxy) is 1.